The molecule has 0 aliphatic carbocycles. The van der Waals surface area contributed by atoms with Crippen molar-refractivity contribution in [3.05, 3.63) is 65.7 Å². The first kappa shape index (κ1) is 23.1. The summed E-state index contributed by atoms with van der Waals surface area (Å²) in [6.07, 6.45) is 0.987. The second kappa shape index (κ2) is 11.7. The zero-order chi connectivity index (χ0) is 22.8. The summed E-state index contributed by atoms with van der Waals surface area (Å²) in [5.74, 6) is 0.473. The smallest absolute Gasteiger partial charge is 0.407 e. The number of nitrogens with one attached hydrogen (secondary N) is 2. The maximum atomic E-state index is 12.6. The van der Waals surface area contributed by atoms with Gasteiger partial charge in [0.1, 0.15) is 18.9 Å². The molecule has 3 rings (SSSR count). The van der Waals surface area contributed by atoms with Gasteiger partial charge in [-0.1, -0.05) is 48.5 Å². The molecule has 2 aromatic rings. The number of amides is 3. The number of carbonyl (C=O) groups is 3. The van der Waals surface area contributed by atoms with Gasteiger partial charge in [0.2, 0.25) is 11.8 Å². The monoisotopic (exact) mass is 439 g/mol. The van der Waals surface area contributed by atoms with Gasteiger partial charge < -0.3 is 25.0 Å². The SMILES string of the molecule is COc1ccccc1CC(=O)N1CCC(NC(=O)CNC(=O)OCc2ccccc2)CC1. The molecule has 0 unspecified atom stereocenters. The summed E-state index contributed by atoms with van der Waals surface area (Å²) in [6, 6.07) is 16.8. The van der Waals surface area contributed by atoms with E-state index in [2.05, 4.69) is 10.6 Å². The minimum Gasteiger partial charge on any atom is -0.496 e. The van der Waals surface area contributed by atoms with E-state index in [0.29, 0.717) is 31.7 Å². The van der Waals surface area contributed by atoms with Crippen molar-refractivity contribution < 1.29 is 23.9 Å². The number of rotatable bonds is 8. The van der Waals surface area contributed by atoms with Crippen LogP contribution in [0.3, 0.4) is 0 Å². The number of piperidine rings is 1. The Labute approximate surface area is 187 Å². The molecule has 1 heterocycles. The van der Waals surface area contributed by atoms with Crippen molar-refractivity contribution in [3.63, 3.8) is 0 Å². The molecule has 1 aliphatic rings. The lowest BCUT2D eigenvalue weighted by Gasteiger charge is -2.32. The predicted molar refractivity (Wildman–Crippen MR) is 119 cm³/mol. The highest BCUT2D eigenvalue weighted by Gasteiger charge is 2.24. The minimum absolute atomic E-state index is 0.0278. The van der Waals surface area contributed by atoms with Crippen LogP contribution in [-0.2, 0) is 27.4 Å². The third kappa shape index (κ3) is 7.01. The number of ether oxygens (including phenoxy) is 2. The molecule has 32 heavy (non-hydrogen) atoms. The zero-order valence-electron chi connectivity index (χ0n) is 18.2. The van der Waals surface area contributed by atoms with Crippen molar-refractivity contribution >= 4 is 17.9 Å². The van der Waals surface area contributed by atoms with E-state index in [-0.39, 0.29) is 37.4 Å². The lowest BCUT2D eigenvalue weighted by Crippen LogP contribution is -2.49. The van der Waals surface area contributed by atoms with Gasteiger partial charge in [-0.05, 0) is 24.5 Å². The number of likely N-dealkylation sites (tertiary alicyclic amines) is 1. The number of nitrogens with zero attached hydrogens (tertiary/aromatic N) is 1. The van der Waals surface area contributed by atoms with Gasteiger partial charge in [0, 0.05) is 24.7 Å². The Hall–Kier alpha value is -3.55. The molecule has 1 saturated heterocycles. The van der Waals surface area contributed by atoms with Crippen LogP contribution in [-0.4, -0.2) is 55.6 Å². The molecule has 0 bridgehead atoms. The van der Waals surface area contributed by atoms with Gasteiger partial charge in [0.15, 0.2) is 0 Å². The highest BCUT2D eigenvalue weighted by atomic mass is 16.5. The highest BCUT2D eigenvalue weighted by Crippen LogP contribution is 2.20. The normalized spacial score (nSPS) is 13.8. The summed E-state index contributed by atoms with van der Waals surface area (Å²) >= 11 is 0. The largest absolute Gasteiger partial charge is 0.496 e. The van der Waals surface area contributed by atoms with E-state index in [0.717, 1.165) is 11.1 Å². The fourth-order valence-corrected chi connectivity index (χ4v) is 3.60. The molecule has 0 radical (unpaired) electrons. The van der Waals surface area contributed by atoms with Crippen LogP contribution in [0.1, 0.15) is 24.0 Å². The molecule has 1 fully saturated rings. The van der Waals surface area contributed by atoms with Crippen molar-refractivity contribution in [2.24, 2.45) is 0 Å². The molecule has 1 aliphatic heterocycles. The van der Waals surface area contributed by atoms with Crippen molar-refractivity contribution in [1.82, 2.24) is 15.5 Å². The van der Waals surface area contributed by atoms with Crippen molar-refractivity contribution in [3.8, 4) is 5.75 Å². The first-order valence-electron chi connectivity index (χ1n) is 10.7. The van der Waals surface area contributed by atoms with Crippen LogP contribution in [0.15, 0.2) is 54.6 Å². The van der Waals surface area contributed by atoms with Crippen LogP contribution < -0.4 is 15.4 Å². The fraction of sp³-hybridized carbons (Fsp3) is 0.375. The highest BCUT2D eigenvalue weighted by molar-refractivity contribution is 5.82. The third-order valence-corrected chi connectivity index (χ3v) is 5.35. The molecule has 0 spiro atoms. The maximum absolute atomic E-state index is 12.6. The van der Waals surface area contributed by atoms with Crippen LogP contribution >= 0.6 is 0 Å². The van der Waals surface area contributed by atoms with E-state index in [1.165, 1.54) is 0 Å². The van der Waals surface area contributed by atoms with Crippen LogP contribution in [0.25, 0.3) is 0 Å². The van der Waals surface area contributed by atoms with E-state index in [4.69, 9.17) is 9.47 Å². The van der Waals surface area contributed by atoms with Crippen LogP contribution in [0.2, 0.25) is 0 Å². The molecule has 0 atom stereocenters. The topological polar surface area (TPSA) is 97.0 Å². The van der Waals surface area contributed by atoms with Crippen molar-refractivity contribution in [2.45, 2.75) is 31.9 Å². The number of hydrogen-bond acceptors (Lipinski definition) is 5. The standard InChI is InChI=1S/C24H29N3O5/c1-31-21-10-6-5-9-19(21)15-23(29)27-13-11-20(12-14-27)26-22(28)16-25-24(30)32-17-18-7-3-2-4-8-18/h2-10,20H,11-17H2,1H3,(H,25,30)(H,26,28). The Morgan fingerprint density at radius 1 is 1.00 bits per heavy atom. The second-order valence-electron chi connectivity index (χ2n) is 7.63. The molecular formula is C24H29N3O5. The van der Waals surface area contributed by atoms with Crippen molar-refractivity contribution in [1.29, 1.82) is 0 Å². The van der Waals surface area contributed by atoms with Crippen LogP contribution in [0.5, 0.6) is 5.75 Å². The summed E-state index contributed by atoms with van der Waals surface area (Å²) in [4.78, 5) is 38.3. The van der Waals surface area contributed by atoms with E-state index < -0.39 is 6.09 Å². The van der Waals surface area contributed by atoms with E-state index in [1.807, 2.05) is 59.5 Å². The Balaban J connectivity index is 1.34. The predicted octanol–water partition coefficient (Wildman–Crippen LogP) is 2.27. The number of methoxy groups -OCH3 is 1. The number of benzene rings is 2. The first-order chi connectivity index (χ1) is 15.5. The molecular weight excluding hydrogens is 410 g/mol. The Morgan fingerprint density at radius 2 is 1.69 bits per heavy atom. The van der Waals surface area contributed by atoms with Gasteiger partial charge >= 0.3 is 6.09 Å². The summed E-state index contributed by atoms with van der Waals surface area (Å²) in [7, 11) is 1.59. The number of hydrogen-bond donors (Lipinski definition) is 2. The molecule has 8 heteroatoms. The van der Waals surface area contributed by atoms with Gasteiger partial charge in [-0.25, -0.2) is 4.79 Å². The molecule has 170 valence electrons. The molecule has 2 N–H and O–H groups in total. The Morgan fingerprint density at radius 3 is 2.41 bits per heavy atom. The van der Waals surface area contributed by atoms with E-state index in [9.17, 15) is 14.4 Å². The lowest BCUT2D eigenvalue weighted by atomic mass is 10.0. The molecule has 0 saturated carbocycles. The minimum atomic E-state index is -0.638. The van der Waals surface area contributed by atoms with Gasteiger partial charge in [-0.3, -0.25) is 9.59 Å². The zero-order valence-corrected chi connectivity index (χ0v) is 18.2. The summed E-state index contributed by atoms with van der Waals surface area (Å²) in [6.45, 7) is 1.15. The lowest BCUT2D eigenvalue weighted by molar-refractivity contribution is -0.131. The number of carbonyl (C=O) groups excluding carboxylic acids is 3. The Kier molecular flexibility index (Phi) is 8.48. The number of para-hydroxylation sites is 1. The van der Waals surface area contributed by atoms with Crippen molar-refractivity contribution in [2.75, 3.05) is 26.7 Å². The fourth-order valence-electron chi connectivity index (χ4n) is 3.60. The third-order valence-electron chi connectivity index (χ3n) is 5.35. The molecule has 0 aromatic heterocycles. The average molecular weight is 440 g/mol. The van der Waals surface area contributed by atoms with Gasteiger partial charge in [-0.15, -0.1) is 0 Å². The van der Waals surface area contributed by atoms with Gasteiger partial charge in [-0.2, -0.15) is 0 Å². The summed E-state index contributed by atoms with van der Waals surface area (Å²) in [5, 5.41) is 5.37. The first-order valence-corrected chi connectivity index (χ1v) is 10.7. The summed E-state index contributed by atoms with van der Waals surface area (Å²) < 4.78 is 10.4. The second-order valence-corrected chi connectivity index (χ2v) is 7.63. The number of alkyl carbamates (subject to hydrolysis) is 1. The quantitative estimate of drug-likeness (QED) is 0.658. The van der Waals surface area contributed by atoms with Crippen LogP contribution in [0.4, 0.5) is 4.79 Å². The molecule has 3 amide bonds. The van der Waals surface area contributed by atoms with Gasteiger partial charge in [0.25, 0.3) is 0 Å². The average Bonchev–Trinajstić information content (AvgIpc) is 2.83. The van der Waals surface area contributed by atoms with E-state index in [1.54, 1.807) is 7.11 Å². The molecule has 8 nitrogen and oxygen atoms in total. The maximum Gasteiger partial charge on any atom is 0.407 e. The Bertz CT molecular complexity index is 911. The summed E-state index contributed by atoms with van der Waals surface area (Å²) in [5.41, 5.74) is 1.74. The molecule has 2 aromatic carbocycles. The van der Waals surface area contributed by atoms with E-state index >= 15 is 0 Å². The van der Waals surface area contributed by atoms with Crippen LogP contribution in [0, 0.1) is 0 Å². The van der Waals surface area contributed by atoms with Gasteiger partial charge in [0.05, 0.1) is 13.5 Å².